The summed E-state index contributed by atoms with van der Waals surface area (Å²) in [4.78, 5) is 8.80. The second-order valence-electron chi connectivity index (χ2n) is 4.33. The second kappa shape index (κ2) is 6.23. The van der Waals surface area contributed by atoms with E-state index in [1.54, 1.807) is 14.2 Å². The largest absolute Gasteiger partial charge is 0.493 e. The number of methoxy groups -OCH3 is 2. The van der Waals surface area contributed by atoms with Gasteiger partial charge in [-0.3, -0.25) is 0 Å². The van der Waals surface area contributed by atoms with E-state index in [4.69, 9.17) is 9.47 Å². The first-order chi connectivity index (χ1) is 9.69. The van der Waals surface area contributed by atoms with Gasteiger partial charge in [-0.05, 0) is 37.6 Å². The predicted molar refractivity (Wildman–Crippen MR) is 79.5 cm³/mol. The van der Waals surface area contributed by atoms with Gasteiger partial charge in [0, 0.05) is 18.3 Å². The lowest BCUT2D eigenvalue weighted by atomic mass is 10.1. The van der Waals surface area contributed by atoms with Crippen molar-refractivity contribution in [1.82, 2.24) is 9.97 Å². The number of ether oxygens (including phenoxy) is 2. The van der Waals surface area contributed by atoms with E-state index < -0.39 is 0 Å². The van der Waals surface area contributed by atoms with Gasteiger partial charge in [0.05, 0.1) is 19.9 Å². The second-order valence-corrected chi connectivity index (χ2v) is 4.33. The minimum Gasteiger partial charge on any atom is -0.493 e. The number of rotatable bonds is 5. The predicted octanol–water partition coefficient (Wildman–Crippen LogP) is 2.90. The average Bonchev–Trinajstić information content (AvgIpc) is 2.48. The van der Waals surface area contributed by atoms with Crippen LogP contribution in [0, 0.1) is 6.92 Å². The van der Waals surface area contributed by atoms with Crippen LogP contribution in [0.15, 0.2) is 24.4 Å². The molecule has 1 N–H and O–H groups in total. The molecule has 2 rings (SSSR count). The zero-order valence-electron chi connectivity index (χ0n) is 12.2. The Labute approximate surface area is 119 Å². The summed E-state index contributed by atoms with van der Waals surface area (Å²) in [5, 5.41) is 3.12. The smallest absolute Gasteiger partial charge is 0.223 e. The van der Waals surface area contributed by atoms with E-state index in [0.717, 1.165) is 23.4 Å². The van der Waals surface area contributed by atoms with E-state index in [-0.39, 0.29) is 0 Å². The molecule has 0 aliphatic carbocycles. The highest BCUT2D eigenvalue weighted by Crippen LogP contribution is 2.32. The average molecular weight is 273 g/mol. The van der Waals surface area contributed by atoms with Crippen LogP contribution in [0.5, 0.6) is 11.5 Å². The molecule has 0 unspecified atom stereocenters. The first-order valence-corrected chi connectivity index (χ1v) is 6.49. The van der Waals surface area contributed by atoms with E-state index in [0.29, 0.717) is 17.4 Å². The van der Waals surface area contributed by atoms with Crippen molar-refractivity contribution in [2.75, 3.05) is 26.1 Å². The molecule has 2 aromatic rings. The summed E-state index contributed by atoms with van der Waals surface area (Å²) >= 11 is 0. The number of benzene rings is 1. The first-order valence-electron chi connectivity index (χ1n) is 6.49. The summed E-state index contributed by atoms with van der Waals surface area (Å²) in [6.07, 6.45) is 1.82. The van der Waals surface area contributed by atoms with Crippen LogP contribution in [-0.2, 0) is 0 Å². The monoisotopic (exact) mass is 273 g/mol. The summed E-state index contributed by atoms with van der Waals surface area (Å²) in [5.41, 5.74) is 2.87. The molecule has 5 nitrogen and oxygen atoms in total. The zero-order valence-corrected chi connectivity index (χ0v) is 12.2. The molecule has 0 atom stereocenters. The molecular weight excluding hydrogens is 254 g/mol. The van der Waals surface area contributed by atoms with Crippen molar-refractivity contribution in [3.63, 3.8) is 0 Å². The third kappa shape index (κ3) is 2.82. The lowest BCUT2D eigenvalue weighted by Crippen LogP contribution is -2.03. The van der Waals surface area contributed by atoms with Crippen LogP contribution < -0.4 is 14.8 Å². The molecule has 0 saturated heterocycles. The SMILES string of the molecule is CCNc1ncc(C)c(-c2ccc(OC)c(OC)c2)n1. The Kier molecular flexibility index (Phi) is 4.40. The van der Waals surface area contributed by atoms with Crippen molar-refractivity contribution < 1.29 is 9.47 Å². The Balaban J connectivity index is 2.47. The molecule has 0 saturated carbocycles. The maximum absolute atomic E-state index is 5.33. The van der Waals surface area contributed by atoms with Gasteiger partial charge in [0.15, 0.2) is 11.5 Å². The van der Waals surface area contributed by atoms with Crippen molar-refractivity contribution in [3.05, 3.63) is 30.0 Å². The number of nitrogens with one attached hydrogen (secondary N) is 1. The molecule has 0 radical (unpaired) electrons. The molecule has 20 heavy (non-hydrogen) atoms. The van der Waals surface area contributed by atoms with E-state index in [2.05, 4.69) is 15.3 Å². The van der Waals surface area contributed by atoms with E-state index >= 15 is 0 Å². The minimum absolute atomic E-state index is 0.628. The zero-order chi connectivity index (χ0) is 14.5. The molecule has 0 amide bonds. The lowest BCUT2D eigenvalue weighted by molar-refractivity contribution is 0.355. The fourth-order valence-electron chi connectivity index (χ4n) is 1.96. The topological polar surface area (TPSA) is 56.3 Å². The van der Waals surface area contributed by atoms with Gasteiger partial charge in [-0.1, -0.05) is 0 Å². The highest BCUT2D eigenvalue weighted by molar-refractivity contribution is 5.67. The maximum Gasteiger partial charge on any atom is 0.223 e. The van der Waals surface area contributed by atoms with Crippen molar-refractivity contribution in [2.24, 2.45) is 0 Å². The summed E-state index contributed by atoms with van der Waals surface area (Å²) < 4.78 is 10.6. The van der Waals surface area contributed by atoms with E-state index in [1.165, 1.54) is 0 Å². The Hall–Kier alpha value is -2.30. The Morgan fingerprint density at radius 2 is 1.90 bits per heavy atom. The van der Waals surface area contributed by atoms with Gasteiger partial charge in [-0.25, -0.2) is 9.97 Å². The quantitative estimate of drug-likeness (QED) is 0.907. The van der Waals surface area contributed by atoms with Gasteiger partial charge in [0.25, 0.3) is 0 Å². The number of aryl methyl sites for hydroxylation is 1. The molecule has 0 aliphatic heterocycles. The standard InChI is InChI=1S/C15H19N3O2/c1-5-16-15-17-9-10(2)14(18-15)11-6-7-12(19-3)13(8-11)20-4/h6-9H,5H2,1-4H3,(H,16,17,18). The molecule has 0 fully saturated rings. The number of hydrogen-bond donors (Lipinski definition) is 1. The van der Waals surface area contributed by atoms with Gasteiger partial charge in [-0.15, -0.1) is 0 Å². The number of hydrogen-bond acceptors (Lipinski definition) is 5. The third-order valence-corrected chi connectivity index (χ3v) is 2.96. The van der Waals surface area contributed by atoms with Gasteiger partial charge >= 0.3 is 0 Å². The molecule has 0 bridgehead atoms. The lowest BCUT2D eigenvalue weighted by Gasteiger charge is -2.11. The molecule has 0 aliphatic rings. The molecule has 1 heterocycles. The molecule has 0 spiro atoms. The van der Waals surface area contributed by atoms with Crippen LogP contribution in [0.4, 0.5) is 5.95 Å². The normalized spacial score (nSPS) is 10.2. The van der Waals surface area contributed by atoms with Crippen LogP contribution >= 0.6 is 0 Å². The summed E-state index contributed by atoms with van der Waals surface area (Å²) in [6.45, 7) is 4.79. The highest BCUT2D eigenvalue weighted by Gasteiger charge is 2.10. The van der Waals surface area contributed by atoms with Crippen molar-refractivity contribution in [3.8, 4) is 22.8 Å². The number of nitrogens with zero attached hydrogens (tertiary/aromatic N) is 2. The fourth-order valence-corrected chi connectivity index (χ4v) is 1.96. The van der Waals surface area contributed by atoms with Crippen LogP contribution in [0.25, 0.3) is 11.3 Å². The van der Waals surface area contributed by atoms with E-state index in [9.17, 15) is 0 Å². The summed E-state index contributed by atoms with van der Waals surface area (Å²) in [7, 11) is 3.25. The molecular formula is C15H19N3O2. The van der Waals surface area contributed by atoms with Crippen LogP contribution in [0.1, 0.15) is 12.5 Å². The Morgan fingerprint density at radius 1 is 1.15 bits per heavy atom. The van der Waals surface area contributed by atoms with Crippen molar-refractivity contribution >= 4 is 5.95 Å². The first kappa shape index (κ1) is 14.1. The highest BCUT2D eigenvalue weighted by atomic mass is 16.5. The van der Waals surface area contributed by atoms with Crippen LogP contribution in [-0.4, -0.2) is 30.7 Å². The molecule has 5 heteroatoms. The van der Waals surface area contributed by atoms with Gasteiger partial charge in [0.2, 0.25) is 5.95 Å². The van der Waals surface area contributed by atoms with Gasteiger partial charge in [-0.2, -0.15) is 0 Å². The number of aromatic nitrogens is 2. The Bertz CT molecular complexity index is 600. The maximum atomic E-state index is 5.33. The summed E-state index contributed by atoms with van der Waals surface area (Å²) in [5.74, 6) is 2.02. The summed E-state index contributed by atoms with van der Waals surface area (Å²) in [6, 6.07) is 5.76. The van der Waals surface area contributed by atoms with Crippen molar-refractivity contribution in [2.45, 2.75) is 13.8 Å². The molecule has 1 aromatic heterocycles. The third-order valence-electron chi connectivity index (χ3n) is 2.96. The van der Waals surface area contributed by atoms with Crippen molar-refractivity contribution in [1.29, 1.82) is 0 Å². The molecule has 1 aromatic carbocycles. The van der Waals surface area contributed by atoms with Gasteiger partial charge < -0.3 is 14.8 Å². The van der Waals surface area contributed by atoms with Crippen LogP contribution in [0.2, 0.25) is 0 Å². The number of anilines is 1. The van der Waals surface area contributed by atoms with Gasteiger partial charge in [0.1, 0.15) is 0 Å². The fraction of sp³-hybridized carbons (Fsp3) is 0.333. The molecule has 106 valence electrons. The Morgan fingerprint density at radius 3 is 2.55 bits per heavy atom. The van der Waals surface area contributed by atoms with Crippen LogP contribution in [0.3, 0.4) is 0 Å². The van der Waals surface area contributed by atoms with E-state index in [1.807, 2.05) is 38.2 Å². The minimum atomic E-state index is 0.628.